The van der Waals surface area contributed by atoms with Crippen LogP contribution in [0.5, 0.6) is 0 Å². The maximum atomic E-state index is 13.3. The summed E-state index contributed by atoms with van der Waals surface area (Å²) in [7, 11) is 0. The summed E-state index contributed by atoms with van der Waals surface area (Å²) in [5, 5.41) is 10.2. The van der Waals surface area contributed by atoms with Crippen LogP contribution in [0.25, 0.3) is 63.9 Å². The summed E-state index contributed by atoms with van der Waals surface area (Å²) in [4.78, 5) is 52.3. The predicted octanol–water partition coefficient (Wildman–Crippen LogP) is 9.06. The van der Waals surface area contributed by atoms with E-state index in [1.165, 1.54) is 24.1 Å². The molecule has 0 fully saturated rings. The molecule has 1 heterocycles. The normalized spacial score (nSPS) is 13.8. The zero-order valence-electron chi connectivity index (χ0n) is 22.0. The maximum Gasteiger partial charge on any atom is 0.171 e. The molecule has 0 N–H and O–H groups in total. The van der Waals surface area contributed by atoms with Crippen molar-refractivity contribution in [1.82, 2.24) is 0 Å². The first-order chi connectivity index (χ1) is 19.5. The molecule has 0 amide bonds. The molecule has 8 rings (SSSR count). The third kappa shape index (κ3) is 2.91. The van der Waals surface area contributed by atoms with Gasteiger partial charge in [0.2, 0.25) is 0 Å². The van der Waals surface area contributed by atoms with E-state index in [-0.39, 0.29) is 18.0 Å². The van der Waals surface area contributed by atoms with Crippen molar-refractivity contribution in [2.75, 3.05) is 0 Å². The van der Waals surface area contributed by atoms with Crippen molar-refractivity contribution in [3.05, 3.63) is 69.6 Å². The van der Waals surface area contributed by atoms with Crippen LogP contribution in [0.2, 0.25) is 0 Å². The van der Waals surface area contributed by atoms with Gasteiger partial charge >= 0.3 is 0 Å². The molecule has 0 unspecified atom stereocenters. The fourth-order valence-electron chi connectivity index (χ4n) is 7.22. The summed E-state index contributed by atoms with van der Waals surface area (Å²) < 4.78 is 1.11. The Hall–Kier alpha value is -4.22. The zero-order chi connectivity index (χ0) is 27.3. The smallest absolute Gasteiger partial charge is 0.171 e. The Balaban J connectivity index is 1.65. The van der Waals surface area contributed by atoms with Gasteiger partial charge in [0.1, 0.15) is 0 Å². The lowest BCUT2D eigenvalue weighted by atomic mass is 9.78. The average Bonchev–Trinajstić information content (AvgIpc) is 3.41. The number of Topliss-reactive ketones (excluding diaryl/α,β-unsaturated/α-hetero) is 2. The number of aldehydes is 2. The fourth-order valence-corrected chi connectivity index (χ4v) is 8.46. The lowest BCUT2D eigenvalue weighted by Gasteiger charge is -2.24. The second-order valence-electron chi connectivity index (χ2n) is 11.1. The number of hydrogen-bond donors (Lipinski definition) is 0. The molecule has 0 saturated carbocycles. The van der Waals surface area contributed by atoms with Gasteiger partial charge in [0, 0.05) is 58.8 Å². The highest BCUT2D eigenvalue weighted by Crippen LogP contribution is 2.52. The molecule has 0 spiro atoms. The van der Waals surface area contributed by atoms with Crippen molar-refractivity contribution >= 4 is 99.4 Å². The molecule has 1 aromatic heterocycles. The number of thiophene rings is 1. The van der Waals surface area contributed by atoms with E-state index in [0.29, 0.717) is 27.6 Å². The average molecular weight is 541 g/mol. The van der Waals surface area contributed by atoms with Gasteiger partial charge in [0.25, 0.3) is 0 Å². The Morgan fingerprint density at radius 2 is 1.35 bits per heavy atom. The third-order valence-electron chi connectivity index (χ3n) is 8.94. The summed E-state index contributed by atoms with van der Waals surface area (Å²) in [5.41, 5.74) is 2.20. The Bertz CT molecular complexity index is 2250. The summed E-state index contributed by atoms with van der Waals surface area (Å²) >= 11 is 1.77. The predicted molar refractivity (Wildman–Crippen MR) is 164 cm³/mol. The van der Waals surface area contributed by atoms with Crippen LogP contribution in [0.1, 0.15) is 85.3 Å². The molecule has 0 aliphatic heterocycles. The molecule has 4 nitrogen and oxygen atoms in total. The molecular formula is C35H24O4S. The van der Waals surface area contributed by atoms with Gasteiger partial charge in [0.15, 0.2) is 24.1 Å². The van der Waals surface area contributed by atoms with E-state index < -0.39 is 0 Å². The van der Waals surface area contributed by atoms with Crippen LogP contribution in [0.3, 0.4) is 0 Å². The largest absolute Gasteiger partial charge is 0.298 e. The first-order valence-corrected chi connectivity index (χ1v) is 14.8. The van der Waals surface area contributed by atoms with E-state index in [9.17, 15) is 19.2 Å². The summed E-state index contributed by atoms with van der Waals surface area (Å²) in [6.07, 6.45) is 7.26. The minimum Gasteiger partial charge on any atom is -0.298 e. The Morgan fingerprint density at radius 3 is 2.12 bits per heavy atom. The number of ketones is 2. The van der Waals surface area contributed by atoms with E-state index in [0.717, 1.165) is 84.0 Å². The van der Waals surface area contributed by atoms with Gasteiger partial charge in [-0.15, -0.1) is 11.3 Å². The van der Waals surface area contributed by atoms with Gasteiger partial charge in [-0.05, 0) is 63.4 Å². The lowest BCUT2D eigenvalue weighted by molar-refractivity contribution is 0.0889. The third-order valence-corrected chi connectivity index (χ3v) is 10.2. The van der Waals surface area contributed by atoms with E-state index in [1.54, 1.807) is 17.4 Å². The molecular weight excluding hydrogens is 516 g/mol. The summed E-state index contributed by atoms with van der Waals surface area (Å²) in [6, 6.07) is 13.7. The lowest BCUT2D eigenvalue weighted by Crippen LogP contribution is -2.16. The number of aryl methyl sites for hydroxylation is 1. The van der Waals surface area contributed by atoms with Crippen molar-refractivity contribution in [3.8, 4) is 0 Å². The van der Waals surface area contributed by atoms with Crippen LogP contribution in [0.15, 0.2) is 42.5 Å². The number of carbonyl (C=O) groups excluding carboxylic acids is 4. The van der Waals surface area contributed by atoms with Crippen LogP contribution < -0.4 is 0 Å². The maximum absolute atomic E-state index is 13.3. The van der Waals surface area contributed by atoms with Gasteiger partial charge in [-0.3, -0.25) is 19.2 Å². The quantitative estimate of drug-likeness (QED) is 0.0665. The molecule has 194 valence electrons. The monoisotopic (exact) mass is 540 g/mol. The SMILES string of the molecule is CCCCCCc1cc2c3cc(C=O)c4c(C=O)ccc5c6ccc7c8c(cc(c2s1)c(c86)c3c45)C(=O)CC7=O. The molecule has 1 aliphatic carbocycles. The van der Waals surface area contributed by atoms with Gasteiger partial charge in [-0.25, -0.2) is 0 Å². The number of rotatable bonds is 7. The number of benzene rings is 6. The van der Waals surface area contributed by atoms with Crippen LogP contribution >= 0.6 is 11.3 Å². The van der Waals surface area contributed by atoms with Gasteiger partial charge in [0.05, 0.1) is 6.42 Å². The van der Waals surface area contributed by atoms with Crippen LogP contribution in [0.4, 0.5) is 0 Å². The van der Waals surface area contributed by atoms with E-state index in [1.807, 2.05) is 30.3 Å². The van der Waals surface area contributed by atoms with Crippen molar-refractivity contribution < 1.29 is 19.2 Å². The second-order valence-corrected chi connectivity index (χ2v) is 12.3. The standard InChI is InChI=1S/C35H24O4S/c1-2-3-4-5-6-19-12-24-23-11-18(16-37)29-17(15-36)7-8-20-21-9-10-22-27(38)14-28(39)25-13-26(35(24)40-19)34(32(21)30(22)25)33(23)31(20)29/h7-13,15-16H,2-6,14H2,1H3. The molecule has 0 atom stereocenters. The minimum atomic E-state index is -0.144. The highest BCUT2D eigenvalue weighted by molar-refractivity contribution is 7.20. The molecule has 0 radical (unpaired) electrons. The van der Waals surface area contributed by atoms with Crippen LogP contribution in [-0.4, -0.2) is 24.1 Å². The molecule has 7 aromatic rings. The van der Waals surface area contributed by atoms with Gasteiger partial charge in [-0.1, -0.05) is 50.5 Å². The number of hydrogen-bond acceptors (Lipinski definition) is 5. The summed E-state index contributed by atoms with van der Waals surface area (Å²) in [6.45, 7) is 2.21. The Labute approximate surface area is 233 Å². The molecule has 5 heteroatoms. The number of carbonyl (C=O) groups is 4. The van der Waals surface area contributed by atoms with Crippen molar-refractivity contribution in [2.45, 2.75) is 45.4 Å². The number of unbranched alkanes of at least 4 members (excludes halogenated alkanes) is 3. The number of fused-ring (bicyclic) bond motifs is 4. The highest BCUT2D eigenvalue weighted by Gasteiger charge is 2.31. The second kappa shape index (κ2) is 8.39. The van der Waals surface area contributed by atoms with Crippen LogP contribution in [-0.2, 0) is 6.42 Å². The van der Waals surface area contributed by atoms with Crippen molar-refractivity contribution in [3.63, 3.8) is 0 Å². The zero-order valence-corrected chi connectivity index (χ0v) is 22.8. The first-order valence-electron chi connectivity index (χ1n) is 13.9. The first kappa shape index (κ1) is 23.6. The Morgan fingerprint density at radius 1 is 0.650 bits per heavy atom. The molecule has 1 aliphatic rings. The van der Waals surface area contributed by atoms with Crippen molar-refractivity contribution in [2.24, 2.45) is 0 Å². The summed E-state index contributed by atoms with van der Waals surface area (Å²) in [5.74, 6) is -0.278. The molecule has 0 saturated heterocycles. The highest BCUT2D eigenvalue weighted by atomic mass is 32.1. The Kier molecular flexibility index (Phi) is 4.96. The van der Waals surface area contributed by atoms with Gasteiger partial charge in [-0.2, -0.15) is 0 Å². The molecule has 40 heavy (non-hydrogen) atoms. The van der Waals surface area contributed by atoms with Gasteiger partial charge < -0.3 is 0 Å². The van der Waals surface area contributed by atoms with E-state index >= 15 is 0 Å². The topological polar surface area (TPSA) is 68.3 Å². The van der Waals surface area contributed by atoms with Crippen LogP contribution in [0, 0.1) is 0 Å². The molecule has 6 aromatic carbocycles. The van der Waals surface area contributed by atoms with E-state index in [4.69, 9.17) is 0 Å². The minimum absolute atomic E-state index is 0.108. The molecule has 0 bridgehead atoms. The van der Waals surface area contributed by atoms with Crippen molar-refractivity contribution in [1.29, 1.82) is 0 Å². The fraction of sp³-hybridized carbons (Fsp3) is 0.200. The van der Waals surface area contributed by atoms with E-state index in [2.05, 4.69) is 13.0 Å².